The van der Waals surface area contributed by atoms with Crippen LogP contribution in [0.15, 0.2) is 48.5 Å². The predicted octanol–water partition coefficient (Wildman–Crippen LogP) is 6.46. The lowest BCUT2D eigenvalue weighted by Crippen LogP contribution is -2.43. The van der Waals surface area contributed by atoms with Gasteiger partial charge >= 0.3 is 0 Å². The number of benzene rings is 2. The minimum atomic E-state index is 0.00795. The highest BCUT2D eigenvalue weighted by Crippen LogP contribution is 2.38. The fourth-order valence-corrected chi connectivity index (χ4v) is 5.13. The number of aromatic nitrogens is 1. The van der Waals surface area contributed by atoms with Crippen LogP contribution >= 0.6 is 0 Å². The quantitative estimate of drug-likeness (QED) is 0.548. The van der Waals surface area contributed by atoms with E-state index in [0.717, 1.165) is 35.0 Å². The van der Waals surface area contributed by atoms with E-state index in [1.807, 2.05) is 30.3 Å². The Morgan fingerprint density at radius 2 is 1.80 bits per heavy atom. The van der Waals surface area contributed by atoms with Crippen LogP contribution in [0, 0.1) is 25.2 Å². The van der Waals surface area contributed by atoms with Crippen LogP contribution in [0.4, 0.5) is 0 Å². The number of nitrogens with zero attached hydrogens (tertiary/aromatic N) is 1. The van der Waals surface area contributed by atoms with Gasteiger partial charge < -0.3 is 5.32 Å². The van der Waals surface area contributed by atoms with E-state index < -0.39 is 0 Å². The van der Waals surface area contributed by atoms with Gasteiger partial charge in [0.25, 0.3) is 5.91 Å². The number of pyridine rings is 1. The van der Waals surface area contributed by atoms with Gasteiger partial charge in [-0.25, -0.2) is 4.98 Å². The van der Waals surface area contributed by atoms with Gasteiger partial charge in [0.05, 0.1) is 16.8 Å². The molecule has 2 atom stereocenters. The zero-order valence-electron chi connectivity index (χ0n) is 18.8. The maximum Gasteiger partial charge on any atom is 0.252 e. The molecule has 1 heterocycles. The second kappa shape index (κ2) is 7.86. The van der Waals surface area contributed by atoms with E-state index in [0.29, 0.717) is 11.5 Å². The first kappa shape index (κ1) is 20.6. The van der Waals surface area contributed by atoms with Crippen LogP contribution in [0.3, 0.4) is 0 Å². The largest absolute Gasteiger partial charge is 0.349 e. The third-order valence-electron chi connectivity index (χ3n) is 6.49. The minimum absolute atomic E-state index is 0.00795. The molecule has 0 spiro atoms. The molecule has 2 aromatic carbocycles. The molecule has 1 aromatic heterocycles. The van der Waals surface area contributed by atoms with E-state index in [2.05, 4.69) is 58.1 Å². The summed E-state index contributed by atoms with van der Waals surface area (Å²) in [5, 5.41) is 4.25. The van der Waals surface area contributed by atoms with Crippen molar-refractivity contribution in [3.05, 3.63) is 65.2 Å². The Bertz CT molecular complexity index is 1100. The van der Waals surface area contributed by atoms with Gasteiger partial charge in [-0.15, -0.1) is 0 Å². The number of carbonyl (C=O) groups excluding carboxylic acids is 1. The van der Waals surface area contributed by atoms with Gasteiger partial charge in [-0.05, 0) is 73.8 Å². The van der Waals surface area contributed by atoms with Crippen LogP contribution in [0.25, 0.3) is 22.2 Å². The standard InChI is InChI=1S/C27H32N2O/c1-17-12-21(16-27(4,5)15-17)28-26(30)23-14-25(20-11-10-18(2)19(3)13-20)29-24-9-7-6-8-22(23)24/h6-11,13-14,17,21H,12,15-16H2,1-5H3,(H,28,30). The molecule has 3 nitrogen and oxygen atoms in total. The van der Waals surface area contributed by atoms with Gasteiger partial charge in [-0.1, -0.05) is 51.1 Å². The van der Waals surface area contributed by atoms with Gasteiger partial charge in [0.2, 0.25) is 0 Å². The third kappa shape index (κ3) is 4.26. The number of hydrogen-bond acceptors (Lipinski definition) is 2. The average molecular weight is 401 g/mol. The predicted molar refractivity (Wildman–Crippen MR) is 125 cm³/mol. The van der Waals surface area contributed by atoms with E-state index in [-0.39, 0.29) is 17.4 Å². The Kier molecular flexibility index (Phi) is 5.40. The Balaban J connectivity index is 1.72. The summed E-state index contributed by atoms with van der Waals surface area (Å²) in [5.74, 6) is 0.632. The number of hydrogen-bond donors (Lipinski definition) is 1. The normalized spacial score (nSPS) is 20.8. The first-order chi connectivity index (χ1) is 14.2. The van der Waals surface area contributed by atoms with Crippen molar-refractivity contribution in [1.82, 2.24) is 10.3 Å². The van der Waals surface area contributed by atoms with Crippen LogP contribution in [0.1, 0.15) is 61.5 Å². The molecule has 3 aromatic rings. The summed E-state index contributed by atoms with van der Waals surface area (Å²) in [6.07, 6.45) is 3.28. The lowest BCUT2D eigenvalue weighted by Gasteiger charge is -2.39. The zero-order chi connectivity index (χ0) is 21.5. The van der Waals surface area contributed by atoms with Crippen LogP contribution < -0.4 is 5.32 Å². The molecule has 1 aliphatic rings. The van der Waals surface area contributed by atoms with E-state index >= 15 is 0 Å². The van der Waals surface area contributed by atoms with Crippen LogP contribution in [-0.4, -0.2) is 16.9 Å². The summed E-state index contributed by atoms with van der Waals surface area (Å²) in [6.45, 7) is 11.1. The smallest absolute Gasteiger partial charge is 0.252 e. The number of rotatable bonds is 3. The van der Waals surface area contributed by atoms with Gasteiger partial charge in [0.1, 0.15) is 0 Å². The molecule has 1 fully saturated rings. The zero-order valence-corrected chi connectivity index (χ0v) is 18.8. The molecule has 156 valence electrons. The Labute approximate surface area is 179 Å². The first-order valence-corrected chi connectivity index (χ1v) is 11.0. The molecule has 0 aliphatic heterocycles. The van der Waals surface area contributed by atoms with E-state index in [1.165, 1.54) is 17.5 Å². The summed E-state index contributed by atoms with van der Waals surface area (Å²) >= 11 is 0. The van der Waals surface area contributed by atoms with Crippen molar-refractivity contribution in [2.45, 2.75) is 59.9 Å². The van der Waals surface area contributed by atoms with Gasteiger partial charge in [-0.3, -0.25) is 4.79 Å². The number of amides is 1. The van der Waals surface area contributed by atoms with E-state index in [4.69, 9.17) is 4.98 Å². The van der Waals surface area contributed by atoms with E-state index in [1.54, 1.807) is 0 Å². The van der Waals surface area contributed by atoms with Crippen molar-refractivity contribution in [2.75, 3.05) is 0 Å². The monoisotopic (exact) mass is 400 g/mol. The molecule has 30 heavy (non-hydrogen) atoms. The molecule has 4 rings (SSSR count). The Morgan fingerprint density at radius 1 is 1.03 bits per heavy atom. The highest BCUT2D eigenvalue weighted by molar-refractivity contribution is 6.07. The SMILES string of the molecule is Cc1ccc(-c2cc(C(=O)NC3CC(C)CC(C)(C)C3)c3ccccc3n2)cc1C. The molecule has 1 saturated carbocycles. The number of para-hydroxylation sites is 1. The molecule has 2 unspecified atom stereocenters. The number of nitrogens with one attached hydrogen (secondary N) is 1. The van der Waals surface area contributed by atoms with Gasteiger partial charge in [0, 0.05) is 17.0 Å². The molecule has 3 heteroatoms. The van der Waals surface area contributed by atoms with Crippen LogP contribution in [0.5, 0.6) is 0 Å². The average Bonchev–Trinajstić information content (AvgIpc) is 2.67. The summed E-state index contributed by atoms with van der Waals surface area (Å²) < 4.78 is 0. The molecule has 0 radical (unpaired) electrons. The van der Waals surface area contributed by atoms with Crippen molar-refractivity contribution in [3.63, 3.8) is 0 Å². The fourth-order valence-electron chi connectivity index (χ4n) is 5.13. The second-order valence-corrected chi connectivity index (χ2v) is 9.95. The van der Waals surface area contributed by atoms with Crippen LogP contribution in [-0.2, 0) is 0 Å². The maximum absolute atomic E-state index is 13.4. The van der Waals surface area contributed by atoms with Crippen molar-refractivity contribution in [2.24, 2.45) is 11.3 Å². The molecular weight excluding hydrogens is 368 g/mol. The van der Waals surface area contributed by atoms with Crippen molar-refractivity contribution < 1.29 is 4.79 Å². The highest BCUT2D eigenvalue weighted by Gasteiger charge is 2.33. The molecule has 1 aliphatic carbocycles. The summed E-state index contributed by atoms with van der Waals surface area (Å²) in [5.41, 5.74) is 6.21. The van der Waals surface area contributed by atoms with Gasteiger partial charge in [-0.2, -0.15) is 0 Å². The Hall–Kier alpha value is -2.68. The Morgan fingerprint density at radius 3 is 2.53 bits per heavy atom. The summed E-state index contributed by atoms with van der Waals surface area (Å²) in [4.78, 5) is 18.3. The molecule has 1 amide bonds. The lowest BCUT2D eigenvalue weighted by atomic mass is 9.70. The molecule has 0 saturated heterocycles. The summed E-state index contributed by atoms with van der Waals surface area (Å²) in [7, 11) is 0. The maximum atomic E-state index is 13.4. The van der Waals surface area contributed by atoms with Crippen molar-refractivity contribution in [3.8, 4) is 11.3 Å². The van der Waals surface area contributed by atoms with E-state index in [9.17, 15) is 4.79 Å². The fraction of sp³-hybridized carbons (Fsp3) is 0.407. The van der Waals surface area contributed by atoms with Crippen molar-refractivity contribution in [1.29, 1.82) is 0 Å². The van der Waals surface area contributed by atoms with Gasteiger partial charge in [0.15, 0.2) is 0 Å². The van der Waals surface area contributed by atoms with Crippen LogP contribution in [0.2, 0.25) is 0 Å². The number of fused-ring (bicyclic) bond motifs is 1. The second-order valence-electron chi connectivity index (χ2n) is 9.95. The topological polar surface area (TPSA) is 42.0 Å². The summed E-state index contributed by atoms with van der Waals surface area (Å²) in [6, 6.07) is 16.5. The minimum Gasteiger partial charge on any atom is -0.349 e. The first-order valence-electron chi connectivity index (χ1n) is 11.0. The van der Waals surface area contributed by atoms with Crippen molar-refractivity contribution >= 4 is 16.8 Å². The lowest BCUT2D eigenvalue weighted by molar-refractivity contribution is 0.0876. The number of aryl methyl sites for hydroxylation is 2. The number of carbonyl (C=O) groups is 1. The molecule has 0 bridgehead atoms. The molecular formula is C27H32N2O. The molecule has 1 N–H and O–H groups in total. The third-order valence-corrected chi connectivity index (χ3v) is 6.49. The highest BCUT2D eigenvalue weighted by atomic mass is 16.1.